The molecule has 0 aliphatic carbocycles. The first kappa shape index (κ1) is 17.5. The summed E-state index contributed by atoms with van der Waals surface area (Å²) in [7, 11) is 0. The van der Waals surface area contributed by atoms with E-state index in [0.29, 0.717) is 24.5 Å². The standard InChI is InChI=1S/C21H22FN3O2/c1-14-23-19-9-4-16(11-20(19)24-14)21(26)25-10-2-3-15(12-25)13-27-18-7-5-17(22)6-8-18/h4-9,11,15H,2-3,10,12-13H2,1H3,(H,23,24). The smallest absolute Gasteiger partial charge is 0.253 e. The van der Waals surface area contributed by atoms with Crippen LogP contribution in [0.3, 0.4) is 0 Å². The van der Waals surface area contributed by atoms with Crippen molar-refractivity contribution in [2.75, 3.05) is 19.7 Å². The molecule has 1 aliphatic rings. The van der Waals surface area contributed by atoms with Gasteiger partial charge in [0.05, 0.1) is 17.6 Å². The van der Waals surface area contributed by atoms with Crippen LogP contribution in [-0.2, 0) is 0 Å². The summed E-state index contributed by atoms with van der Waals surface area (Å²) in [6.45, 7) is 3.85. The molecule has 1 N–H and O–H groups in total. The summed E-state index contributed by atoms with van der Waals surface area (Å²) < 4.78 is 18.8. The van der Waals surface area contributed by atoms with Crippen LogP contribution in [0.4, 0.5) is 4.39 Å². The number of halogens is 1. The molecule has 6 heteroatoms. The van der Waals surface area contributed by atoms with Gasteiger partial charge in [0.25, 0.3) is 5.91 Å². The number of carbonyl (C=O) groups is 1. The van der Waals surface area contributed by atoms with Crippen molar-refractivity contribution in [1.82, 2.24) is 14.9 Å². The second-order valence-corrected chi connectivity index (χ2v) is 7.08. The maximum atomic E-state index is 13.0. The zero-order chi connectivity index (χ0) is 18.8. The van der Waals surface area contributed by atoms with Crippen LogP contribution in [-0.4, -0.2) is 40.5 Å². The van der Waals surface area contributed by atoms with Crippen LogP contribution < -0.4 is 4.74 Å². The molecule has 0 radical (unpaired) electrons. The molecule has 1 aromatic heterocycles. The normalized spacial score (nSPS) is 17.3. The number of hydrogen-bond acceptors (Lipinski definition) is 3. The molecule has 1 aliphatic heterocycles. The molecular formula is C21H22FN3O2. The molecule has 1 saturated heterocycles. The summed E-state index contributed by atoms with van der Waals surface area (Å²) in [5, 5.41) is 0. The van der Waals surface area contributed by atoms with Crippen LogP contribution in [0.1, 0.15) is 29.0 Å². The number of benzene rings is 2. The number of hydrogen-bond donors (Lipinski definition) is 1. The van der Waals surface area contributed by atoms with Gasteiger partial charge < -0.3 is 14.6 Å². The van der Waals surface area contributed by atoms with Crippen LogP contribution in [0.2, 0.25) is 0 Å². The third-order valence-electron chi connectivity index (χ3n) is 4.95. The molecule has 0 saturated carbocycles. The van der Waals surface area contributed by atoms with Crippen molar-refractivity contribution in [3.8, 4) is 5.75 Å². The summed E-state index contributed by atoms with van der Waals surface area (Å²) in [4.78, 5) is 22.4. The number of amides is 1. The molecule has 1 amide bonds. The van der Waals surface area contributed by atoms with Gasteiger partial charge in [0.2, 0.25) is 0 Å². The minimum Gasteiger partial charge on any atom is -0.493 e. The number of nitrogens with one attached hydrogen (secondary N) is 1. The van der Waals surface area contributed by atoms with Crippen molar-refractivity contribution in [3.63, 3.8) is 0 Å². The quantitative estimate of drug-likeness (QED) is 0.760. The molecule has 0 spiro atoms. The second-order valence-electron chi connectivity index (χ2n) is 7.08. The minimum absolute atomic E-state index is 0.0376. The summed E-state index contributed by atoms with van der Waals surface area (Å²) in [5.41, 5.74) is 2.42. The van der Waals surface area contributed by atoms with Gasteiger partial charge in [-0.15, -0.1) is 0 Å². The Bertz CT molecular complexity index is 952. The topological polar surface area (TPSA) is 58.2 Å². The SMILES string of the molecule is Cc1nc2ccc(C(=O)N3CCCC(COc4ccc(F)cc4)C3)cc2[nH]1. The van der Waals surface area contributed by atoms with Gasteiger partial charge in [-0.25, -0.2) is 9.37 Å². The lowest BCUT2D eigenvalue weighted by atomic mass is 9.98. The van der Waals surface area contributed by atoms with E-state index in [9.17, 15) is 9.18 Å². The largest absolute Gasteiger partial charge is 0.493 e. The number of likely N-dealkylation sites (tertiary alicyclic amines) is 1. The highest BCUT2D eigenvalue weighted by Gasteiger charge is 2.25. The number of piperidine rings is 1. The Labute approximate surface area is 157 Å². The second kappa shape index (κ2) is 7.39. The Balaban J connectivity index is 1.40. The Kier molecular flexibility index (Phi) is 4.79. The molecule has 140 valence electrons. The maximum absolute atomic E-state index is 13.0. The molecule has 5 nitrogen and oxygen atoms in total. The summed E-state index contributed by atoms with van der Waals surface area (Å²) in [6, 6.07) is 11.6. The van der Waals surface area contributed by atoms with Crippen LogP contribution in [0.5, 0.6) is 5.75 Å². The predicted molar refractivity (Wildman–Crippen MR) is 101 cm³/mol. The Morgan fingerprint density at radius 1 is 1.30 bits per heavy atom. The number of carbonyl (C=O) groups excluding carboxylic acids is 1. The fourth-order valence-corrected chi connectivity index (χ4v) is 3.58. The van der Waals surface area contributed by atoms with Crippen molar-refractivity contribution in [2.24, 2.45) is 5.92 Å². The van der Waals surface area contributed by atoms with Gasteiger partial charge in [0.15, 0.2) is 0 Å². The first-order chi connectivity index (χ1) is 13.1. The maximum Gasteiger partial charge on any atom is 0.253 e. The van der Waals surface area contributed by atoms with Crippen LogP contribution in [0.25, 0.3) is 11.0 Å². The lowest BCUT2D eigenvalue weighted by molar-refractivity contribution is 0.0633. The van der Waals surface area contributed by atoms with E-state index in [1.807, 2.05) is 30.0 Å². The number of H-pyrrole nitrogens is 1. The fraction of sp³-hybridized carbons (Fsp3) is 0.333. The third kappa shape index (κ3) is 3.94. The predicted octanol–water partition coefficient (Wildman–Crippen LogP) is 3.94. The molecule has 2 aromatic carbocycles. The monoisotopic (exact) mass is 367 g/mol. The molecule has 0 bridgehead atoms. The van der Waals surface area contributed by atoms with E-state index < -0.39 is 0 Å². The molecule has 1 atom stereocenters. The number of imidazole rings is 1. The first-order valence-corrected chi connectivity index (χ1v) is 9.22. The van der Waals surface area contributed by atoms with E-state index in [1.165, 1.54) is 12.1 Å². The van der Waals surface area contributed by atoms with E-state index in [2.05, 4.69) is 9.97 Å². The molecule has 2 heterocycles. The van der Waals surface area contributed by atoms with Gasteiger partial charge in [-0.1, -0.05) is 0 Å². The Hall–Kier alpha value is -2.89. The van der Waals surface area contributed by atoms with Gasteiger partial charge in [-0.05, 0) is 62.2 Å². The van der Waals surface area contributed by atoms with E-state index in [1.54, 1.807) is 12.1 Å². The van der Waals surface area contributed by atoms with Crippen molar-refractivity contribution < 1.29 is 13.9 Å². The molecule has 4 rings (SSSR count). The van der Waals surface area contributed by atoms with Crippen molar-refractivity contribution in [1.29, 1.82) is 0 Å². The summed E-state index contributed by atoms with van der Waals surface area (Å²) in [5.74, 6) is 1.52. The van der Waals surface area contributed by atoms with Gasteiger partial charge in [0, 0.05) is 24.6 Å². The van der Waals surface area contributed by atoms with Crippen molar-refractivity contribution in [3.05, 3.63) is 59.7 Å². The highest BCUT2D eigenvalue weighted by molar-refractivity contribution is 5.97. The van der Waals surface area contributed by atoms with Gasteiger partial charge in [-0.3, -0.25) is 4.79 Å². The van der Waals surface area contributed by atoms with E-state index in [0.717, 1.165) is 36.2 Å². The Morgan fingerprint density at radius 2 is 2.11 bits per heavy atom. The van der Waals surface area contributed by atoms with Crippen LogP contribution in [0.15, 0.2) is 42.5 Å². The molecule has 27 heavy (non-hydrogen) atoms. The van der Waals surface area contributed by atoms with E-state index in [-0.39, 0.29) is 17.6 Å². The minimum atomic E-state index is -0.277. The van der Waals surface area contributed by atoms with Crippen molar-refractivity contribution in [2.45, 2.75) is 19.8 Å². The third-order valence-corrected chi connectivity index (χ3v) is 4.95. The molecular weight excluding hydrogens is 345 g/mol. The number of rotatable bonds is 4. The number of nitrogens with zero attached hydrogens (tertiary/aromatic N) is 2. The average Bonchev–Trinajstić information content (AvgIpc) is 3.06. The van der Waals surface area contributed by atoms with Crippen molar-refractivity contribution >= 4 is 16.9 Å². The fourth-order valence-electron chi connectivity index (χ4n) is 3.58. The highest BCUT2D eigenvalue weighted by atomic mass is 19.1. The van der Waals surface area contributed by atoms with Gasteiger partial charge >= 0.3 is 0 Å². The number of ether oxygens (including phenoxy) is 1. The average molecular weight is 367 g/mol. The van der Waals surface area contributed by atoms with Crippen LogP contribution >= 0.6 is 0 Å². The number of aromatic amines is 1. The summed E-state index contributed by atoms with van der Waals surface area (Å²) in [6.07, 6.45) is 1.97. The van der Waals surface area contributed by atoms with Crippen LogP contribution in [0, 0.1) is 18.7 Å². The zero-order valence-electron chi connectivity index (χ0n) is 15.2. The molecule has 1 fully saturated rings. The Morgan fingerprint density at radius 3 is 2.93 bits per heavy atom. The van der Waals surface area contributed by atoms with E-state index in [4.69, 9.17) is 4.74 Å². The lowest BCUT2D eigenvalue weighted by Gasteiger charge is -2.32. The lowest BCUT2D eigenvalue weighted by Crippen LogP contribution is -2.41. The van der Waals surface area contributed by atoms with Gasteiger partial charge in [0.1, 0.15) is 17.4 Å². The van der Waals surface area contributed by atoms with Gasteiger partial charge in [-0.2, -0.15) is 0 Å². The summed E-state index contributed by atoms with van der Waals surface area (Å²) >= 11 is 0. The highest BCUT2D eigenvalue weighted by Crippen LogP contribution is 2.22. The molecule has 3 aromatic rings. The van der Waals surface area contributed by atoms with E-state index >= 15 is 0 Å². The zero-order valence-corrected chi connectivity index (χ0v) is 15.2. The number of aryl methyl sites for hydroxylation is 1. The molecule has 1 unspecified atom stereocenters. The first-order valence-electron chi connectivity index (χ1n) is 9.22. The number of aromatic nitrogens is 2. The number of fused-ring (bicyclic) bond motifs is 1.